The highest BCUT2D eigenvalue weighted by molar-refractivity contribution is 5.75. The number of ether oxygens (including phenoxy) is 1. The molecule has 0 unspecified atom stereocenters. The monoisotopic (exact) mass is 125 g/mol. The Kier molecular flexibility index (Phi) is 3.58. The molecule has 0 saturated heterocycles. The first-order valence-corrected chi connectivity index (χ1v) is 1.91. The lowest BCUT2D eigenvalue weighted by Crippen LogP contribution is -1.92. The van der Waals surface area contributed by atoms with Gasteiger partial charge in [-0.1, -0.05) is 0 Å². The maximum Gasteiger partial charge on any atom is 0.288 e. The number of nitrogens with zero attached hydrogens (tertiary/aromatic N) is 5. The van der Waals surface area contributed by atoms with E-state index in [-0.39, 0.29) is 6.02 Å². The smallest absolute Gasteiger partial charge is 0.288 e. The lowest BCUT2D eigenvalue weighted by Gasteiger charge is -1.88. The lowest BCUT2D eigenvalue weighted by molar-refractivity contribution is 0.397. The molecule has 0 spiro atoms. The minimum Gasteiger partial charge on any atom is -0.479 e. The molecular formula is C3H3N5O. The van der Waals surface area contributed by atoms with Gasteiger partial charge in [0.15, 0.2) is 0 Å². The van der Waals surface area contributed by atoms with Gasteiger partial charge in [0, 0.05) is 4.91 Å². The molecule has 0 aromatic rings. The van der Waals surface area contributed by atoms with E-state index in [9.17, 15) is 0 Å². The topological polar surface area (TPSA) is 94.1 Å². The third-order valence-corrected chi connectivity index (χ3v) is 0.458. The zero-order valence-corrected chi connectivity index (χ0v) is 4.64. The van der Waals surface area contributed by atoms with Gasteiger partial charge in [0.1, 0.15) is 0 Å². The van der Waals surface area contributed by atoms with E-state index >= 15 is 0 Å². The first-order chi connectivity index (χ1) is 4.35. The molecule has 9 heavy (non-hydrogen) atoms. The van der Waals surface area contributed by atoms with Crippen LogP contribution in [0.4, 0.5) is 0 Å². The van der Waals surface area contributed by atoms with Gasteiger partial charge >= 0.3 is 0 Å². The second-order valence-electron chi connectivity index (χ2n) is 0.888. The number of methoxy groups -OCH3 is 1. The summed E-state index contributed by atoms with van der Waals surface area (Å²) in [5.41, 5.74) is 7.78. The summed E-state index contributed by atoms with van der Waals surface area (Å²) in [5, 5.41) is 10.8. The van der Waals surface area contributed by atoms with E-state index in [0.717, 1.165) is 0 Å². The van der Waals surface area contributed by atoms with Crippen LogP contribution in [-0.4, -0.2) is 13.1 Å². The zero-order valence-electron chi connectivity index (χ0n) is 4.64. The molecule has 0 amide bonds. The van der Waals surface area contributed by atoms with E-state index in [0.29, 0.717) is 0 Å². The van der Waals surface area contributed by atoms with Gasteiger partial charge in [-0.05, 0) is 10.6 Å². The van der Waals surface area contributed by atoms with E-state index in [4.69, 9.17) is 10.8 Å². The second-order valence-corrected chi connectivity index (χ2v) is 0.888. The molecule has 0 fully saturated rings. The Balaban J connectivity index is 4.19. The molecule has 0 aromatic heterocycles. The normalized spacial score (nSPS) is 9.11. The molecule has 46 valence electrons. The van der Waals surface area contributed by atoms with Crippen LogP contribution in [0.15, 0.2) is 10.1 Å². The average molecular weight is 125 g/mol. The number of aliphatic imine (C=N–C) groups is 1. The zero-order chi connectivity index (χ0) is 7.11. The van der Waals surface area contributed by atoms with Crippen LogP contribution in [0.2, 0.25) is 0 Å². The van der Waals surface area contributed by atoms with Crippen molar-refractivity contribution in [3.63, 3.8) is 0 Å². The van der Waals surface area contributed by atoms with Crippen LogP contribution in [-0.2, 0) is 4.74 Å². The van der Waals surface area contributed by atoms with Crippen molar-refractivity contribution in [2.45, 2.75) is 0 Å². The number of rotatable bonds is 0. The fourth-order valence-corrected chi connectivity index (χ4v) is 0.190. The van der Waals surface area contributed by atoms with Crippen molar-refractivity contribution >= 4 is 6.02 Å². The average Bonchev–Trinajstić information content (AvgIpc) is 1.88. The van der Waals surface area contributed by atoms with Crippen LogP contribution in [0.1, 0.15) is 0 Å². The van der Waals surface area contributed by atoms with Crippen molar-refractivity contribution in [3.8, 4) is 6.19 Å². The quantitative estimate of drug-likeness (QED) is 0.119. The van der Waals surface area contributed by atoms with Gasteiger partial charge in [-0.15, -0.1) is 4.99 Å². The summed E-state index contributed by atoms with van der Waals surface area (Å²) < 4.78 is 4.34. The van der Waals surface area contributed by atoms with Gasteiger partial charge in [0.25, 0.3) is 6.02 Å². The Hall–Kier alpha value is -1.73. The third-order valence-electron chi connectivity index (χ3n) is 0.458. The number of azide groups is 1. The van der Waals surface area contributed by atoms with Crippen LogP contribution in [0.5, 0.6) is 0 Å². The molecule has 6 nitrogen and oxygen atoms in total. The maximum atomic E-state index is 7.89. The SMILES string of the molecule is COC(N=[N+]=[N-])=NC#N. The Morgan fingerprint density at radius 3 is 2.89 bits per heavy atom. The molecule has 0 aliphatic heterocycles. The van der Waals surface area contributed by atoms with E-state index in [2.05, 4.69) is 19.8 Å². The van der Waals surface area contributed by atoms with Crippen molar-refractivity contribution in [2.75, 3.05) is 7.11 Å². The Morgan fingerprint density at radius 2 is 2.56 bits per heavy atom. The predicted molar refractivity (Wildman–Crippen MR) is 29.2 cm³/mol. The van der Waals surface area contributed by atoms with E-state index in [1.54, 1.807) is 0 Å². The van der Waals surface area contributed by atoms with Gasteiger partial charge in [-0.2, -0.15) is 5.26 Å². The molecule has 6 heteroatoms. The van der Waals surface area contributed by atoms with Crippen molar-refractivity contribution < 1.29 is 4.74 Å². The summed E-state index contributed by atoms with van der Waals surface area (Å²) in [6, 6.07) is -0.278. The van der Waals surface area contributed by atoms with Gasteiger partial charge in [0.05, 0.1) is 7.11 Å². The molecule has 0 aromatic carbocycles. The fraction of sp³-hybridized carbons (Fsp3) is 0.333. The van der Waals surface area contributed by atoms with Gasteiger partial charge < -0.3 is 4.74 Å². The molecule has 0 aliphatic rings. The number of amidine groups is 1. The van der Waals surface area contributed by atoms with Crippen molar-refractivity contribution in [3.05, 3.63) is 10.4 Å². The van der Waals surface area contributed by atoms with Crippen molar-refractivity contribution in [2.24, 2.45) is 10.1 Å². The fourth-order valence-electron chi connectivity index (χ4n) is 0.190. The number of hydrogen-bond donors (Lipinski definition) is 0. The number of nitriles is 1. The number of hydrogen-bond acceptors (Lipinski definition) is 3. The van der Waals surface area contributed by atoms with E-state index in [1.165, 1.54) is 13.3 Å². The molecule has 0 N–H and O–H groups in total. The first-order valence-electron chi connectivity index (χ1n) is 1.91. The molecule has 0 heterocycles. The molecule has 0 radical (unpaired) electrons. The maximum absolute atomic E-state index is 7.89. The predicted octanol–water partition coefficient (Wildman–Crippen LogP) is 0.780. The molecule has 0 atom stereocenters. The third kappa shape index (κ3) is 2.91. The van der Waals surface area contributed by atoms with E-state index in [1.807, 2.05) is 0 Å². The van der Waals surface area contributed by atoms with Crippen LogP contribution >= 0.6 is 0 Å². The molecule has 0 rings (SSSR count). The van der Waals surface area contributed by atoms with Crippen LogP contribution in [0.25, 0.3) is 10.4 Å². The largest absolute Gasteiger partial charge is 0.479 e. The Morgan fingerprint density at radius 1 is 1.89 bits per heavy atom. The van der Waals surface area contributed by atoms with Gasteiger partial charge in [0.2, 0.25) is 6.19 Å². The van der Waals surface area contributed by atoms with E-state index < -0.39 is 0 Å². The van der Waals surface area contributed by atoms with Gasteiger partial charge in [-0.25, -0.2) is 0 Å². The molecule has 0 bridgehead atoms. The highest BCUT2D eigenvalue weighted by atomic mass is 16.5. The van der Waals surface area contributed by atoms with Crippen molar-refractivity contribution in [1.29, 1.82) is 5.26 Å². The molecule has 0 aliphatic carbocycles. The van der Waals surface area contributed by atoms with Crippen LogP contribution in [0.3, 0.4) is 0 Å². The lowest BCUT2D eigenvalue weighted by atomic mass is 11.1. The Bertz CT molecular complexity index is 195. The first kappa shape index (κ1) is 7.27. The molecule has 0 saturated carbocycles. The minimum absolute atomic E-state index is 0.278. The highest BCUT2D eigenvalue weighted by Crippen LogP contribution is 1.80. The summed E-state index contributed by atoms with van der Waals surface area (Å²) in [6.45, 7) is 0. The van der Waals surface area contributed by atoms with Gasteiger partial charge in [-0.3, -0.25) is 0 Å². The standard InChI is InChI=1S/C3H3N5O/c1-9-3(6-2-4)7-8-5/h1H3. The summed E-state index contributed by atoms with van der Waals surface area (Å²) in [7, 11) is 1.25. The summed E-state index contributed by atoms with van der Waals surface area (Å²) in [4.78, 5) is 5.36. The summed E-state index contributed by atoms with van der Waals surface area (Å²) in [6.07, 6.45) is 1.40. The van der Waals surface area contributed by atoms with Crippen LogP contribution < -0.4 is 0 Å². The highest BCUT2D eigenvalue weighted by Gasteiger charge is 1.87. The van der Waals surface area contributed by atoms with Crippen LogP contribution in [0, 0.1) is 11.5 Å². The second kappa shape index (κ2) is 4.43. The summed E-state index contributed by atoms with van der Waals surface area (Å²) >= 11 is 0. The summed E-state index contributed by atoms with van der Waals surface area (Å²) in [5.74, 6) is 0. The molecular weight excluding hydrogens is 122 g/mol. The minimum atomic E-state index is -0.278. The Labute approximate surface area is 51.0 Å². The van der Waals surface area contributed by atoms with Crippen molar-refractivity contribution in [1.82, 2.24) is 0 Å².